The highest BCUT2D eigenvalue weighted by molar-refractivity contribution is 5.18. The molecule has 11 heavy (non-hydrogen) atoms. The number of hydrogen-bond acceptors (Lipinski definition) is 1. The molecule has 1 heterocycles. The Morgan fingerprint density at radius 1 is 1.55 bits per heavy atom. The van der Waals surface area contributed by atoms with Crippen molar-refractivity contribution in [1.29, 1.82) is 0 Å². The van der Waals surface area contributed by atoms with Crippen LogP contribution >= 0.6 is 0 Å². The van der Waals surface area contributed by atoms with Crippen LogP contribution in [0.1, 0.15) is 0 Å². The molecule has 0 saturated carbocycles. The van der Waals surface area contributed by atoms with Gasteiger partial charge in [0.05, 0.1) is 6.20 Å². The van der Waals surface area contributed by atoms with Gasteiger partial charge >= 0.3 is 0 Å². The molecule has 0 aromatic carbocycles. The highest BCUT2D eigenvalue weighted by atomic mass is 79.9. The van der Waals surface area contributed by atoms with E-state index < -0.39 is 0 Å². The standard InChI is InChI=1S/C8H8N2.BrH/c1-2-6-10-7-4-3-5-8(10)9;/h1,3-5,7,9H,6H2;1H. The summed E-state index contributed by atoms with van der Waals surface area (Å²) >= 11 is 0. The average Bonchev–Trinajstić information content (AvgIpc) is 1.94. The van der Waals surface area contributed by atoms with Crippen LogP contribution in [0, 0.1) is 12.3 Å². The lowest BCUT2D eigenvalue weighted by Crippen LogP contribution is -3.00. The molecule has 0 amide bonds. The maximum Gasteiger partial charge on any atom is 0.273 e. The van der Waals surface area contributed by atoms with Crippen molar-refractivity contribution in [2.24, 2.45) is 0 Å². The highest BCUT2D eigenvalue weighted by Gasteiger charge is 1.96. The second-order valence-electron chi connectivity index (χ2n) is 1.96. The van der Waals surface area contributed by atoms with Gasteiger partial charge in [0.15, 0.2) is 6.54 Å². The number of pyridine rings is 1. The molecule has 3 heteroatoms. The molecular formula is C8H9BrN2. The predicted molar refractivity (Wildman–Crippen MR) is 39.9 cm³/mol. The van der Waals surface area contributed by atoms with E-state index in [1.165, 1.54) is 0 Å². The van der Waals surface area contributed by atoms with Crippen LogP contribution < -0.4 is 27.3 Å². The molecule has 1 rings (SSSR count). The van der Waals surface area contributed by atoms with Crippen molar-refractivity contribution in [3.05, 3.63) is 24.4 Å². The van der Waals surface area contributed by atoms with Gasteiger partial charge in [-0.2, -0.15) is 0 Å². The fourth-order valence-corrected chi connectivity index (χ4v) is 0.732. The minimum absolute atomic E-state index is 0. The SMILES string of the molecule is C#CC[n+]1ccccc1N.[Br-]. The van der Waals surface area contributed by atoms with E-state index in [-0.39, 0.29) is 17.0 Å². The largest absolute Gasteiger partial charge is 1.00 e. The first kappa shape index (κ1) is 9.99. The zero-order valence-electron chi connectivity index (χ0n) is 6.00. The number of anilines is 1. The first-order valence-electron chi connectivity index (χ1n) is 3.02. The highest BCUT2D eigenvalue weighted by Crippen LogP contribution is 1.89. The van der Waals surface area contributed by atoms with Gasteiger partial charge in [0, 0.05) is 6.07 Å². The number of nitrogens with zero attached hydrogens (tertiary/aromatic N) is 1. The maximum absolute atomic E-state index is 5.57. The fraction of sp³-hybridized carbons (Fsp3) is 0.125. The molecule has 0 bridgehead atoms. The van der Waals surface area contributed by atoms with E-state index in [4.69, 9.17) is 12.2 Å². The normalized spacial score (nSPS) is 7.91. The van der Waals surface area contributed by atoms with E-state index in [9.17, 15) is 0 Å². The molecule has 0 aliphatic carbocycles. The summed E-state index contributed by atoms with van der Waals surface area (Å²) in [7, 11) is 0. The number of nitrogen functional groups attached to an aromatic ring is 1. The molecule has 0 saturated heterocycles. The van der Waals surface area contributed by atoms with Crippen molar-refractivity contribution < 1.29 is 21.5 Å². The zero-order chi connectivity index (χ0) is 7.40. The van der Waals surface area contributed by atoms with Gasteiger partial charge in [-0.15, -0.1) is 6.42 Å². The number of hydrogen-bond donors (Lipinski definition) is 1. The third-order valence-electron chi connectivity index (χ3n) is 1.24. The summed E-state index contributed by atoms with van der Waals surface area (Å²) in [6.45, 7) is 0.534. The second-order valence-corrected chi connectivity index (χ2v) is 1.96. The summed E-state index contributed by atoms with van der Waals surface area (Å²) in [6, 6.07) is 5.59. The van der Waals surface area contributed by atoms with Crippen LogP contribution in [0.5, 0.6) is 0 Å². The van der Waals surface area contributed by atoms with Gasteiger partial charge in [-0.05, 0) is 6.07 Å². The van der Waals surface area contributed by atoms with Gasteiger partial charge in [0.2, 0.25) is 0 Å². The summed E-state index contributed by atoms with van der Waals surface area (Å²) in [4.78, 5) is 0. The molecule has 0 aliphatic heterocycles. The molecule has 2 nitrogen and oxygen atoms in total. The first-order chi connectivity index (χ1) is 4.84. The molecule has 0 radical (unpaired) electrons. The van der Waals surface area contributed by atoms with Gasteiger partial charge in [-0.3, -0.25) is 5.73 Å². The minimum Gasteiger partial charge on any atom is -1.00 e. The fourth-order valence-electron chi connectivity index (χ4n) is 0.732. The maximum atomic E-state index is 5.57. The monoisotopic (exact) mass is 212 g/mol. The van der Waals surface area contributed by atoms with Crippen molar-refractivity contribution in [3.63, 3.8) is 0 Å². The van der Waals surface area contributed by atoms with Gasteiger partial charge in [0.1, 0.15) is 0 Å². The predicted octanol–water partition coefficient (Wildman–Crippen LogP) is -2.81. The van der Waals surface area contributed by atoms with Crippen LogP contribution in [0.25, 0.3) is 0 Å². The number of halogens is 1. The number of rotatable bonds is 1. The van der Waals surface area contributed by atoms with Crippen LogP contribution in [0.3, 0.4) is 0 Å². The zero-order valence-corrected chi connectivity index (χ0v) is 7.58. The van der Waals surface area contributed by atoms with Crippen molar-refractivity contribution >= 4 is 5.82 Å². The molecule has 0 unspecified atom stereocenters. The van der Waals surface area contributed by atoms with Gasteiger partial charge < -0.3 is 17.0 Å². The molecule has 0 atom stereocenters. The van der Waals surface area contributed by atoms with Crippen molar-refractivity contribution in [2.75, 3.05) is 5.73 Å². The lowest BCUT2D eigenvalue weighted by atomic mass is 10.4. The van der Waals surface area contributed by atoms with E-state index in [2.05, 4.69) is 5.92 Å². The van der Waals surface area contributed by atoms with E-state index in [0.717, 1.165) is 0 Å². The van der Waals surface area contributed by atoms with E-state index in [1.54, 1.807) is 4.57 Å². The quantitative estimate of drug-likeness (QED) is 0.396. The summed E-state index contributed by atoms with van der Waals surface area (Å²) in [5.41, 5.74) is 5.57. The number of terminal acetylenes is 1. The molecule has 0 fully saturated rings. The van der Waals surface area contributed by atoms with Crippen molar-refractivity contribution in [2.45, 2.75) is 6.54 Å². The lowest BCUT2D eigenvalue weighted by molar-refractivity contribution is -0.670. The third-order valence-corrected chi connectivity index (χ3v) is 1.24. The Hall–Kier alpha value is -1.01. The third kappa shape index (κ3) is 2.60. The Kier molecular flexibility index (Phi) is 4.32. The summed E-state index contributed by atoms with van der Waals surface area (Å²) in [6.07, 6.45) is 6.96. The average molecular weight is 213 g/mol. The van der Waals surface area contributed by atoms with Gasteiger partial charge in [-0.25, -0.2) is 4.57 Å². The molecule has 1 aromatic heterocycles. The Bertz CT molecular complexity index is 265. The summed E-state index contributed by atoms with van der Waals surface area (Å²) in [5.74, 6) is 3.20. The number of aromatic nitrogens is 1. The van der Waals surface area contributed by atoms with Crippen LogP contribution in [-0.4, -0.2) is 0 Å². The van der Waals surface area contributed by atoms with E-state index in [0.29, 0.717) is 12.4 Å². The molecule has 1 aromatic rings. The van der Waals surface area contributed by atoms with Crippen LogP contribution in [0.2, 0.25) is 0 Å². The topological polar surface area (TPSA) is 29.9 Å². The summed E-state index contributed by atoms with van der Waals surface area (Å²) < 4.78 is 1.81. The molecule has 0 aliphatic rings. The van der Waals surface area contributed by atoms with E-state index >= 15 is 0 Å². The second kappa shape index (κ2) is 4.75. The Balaban J connectivity index is 0.000001000. The Morgan fingerprint density at radius 2 is 2.27 bits per heavy atom. The van der Waals surface area contributed by atoms with Crippen molar-refractivity contribution in [3.8, 4) is 12.3 Å². The Morgan fingerprint density at radius 3 is 2.82 bits per heavy atom. The molecule has 0 spiro atoms. The van der Waals surface area contributed by atoms with Crippen LogP contribution in [-0.2, 0) is 6.54 Å². The Labute approximate surface area is 76.8 Å². The summed E-state index contributed by atoms with van der Waals surface area (Å²) in [5, 5.41) is 0. The van der Waals surface area contributed by atoms with Gasteiger partial charge in [0.25, 0.3) is 5.82 Å². The molecule has 2 N–H and O–H groups in total. The smallest absolute Gasteiger partial charge is 0.273 e. The molecular weight excluding hydrogens is 204 g/mol. The van der Waals surface area contributed by atoms with Crippen LogP contribution in [0.4, 0.5) is 5.82 Å². The van der Waals surface area contributed by atoms with Crippen molar-refractivity contribution in [1.82, 2.24) is 0 Å². The van der Waals surface area contributed by atoms with Crippen LogP contribution in [0.15, 0.2) is 24.4 Å². The minimum atomic E-state index is 0. The lowest BCUT2D eigenvalue weighted by Gasteiger charge is -1.94. The number of nitrogens with two attached hydrogens (primary N) is 1. The molecule has 58 valence electrons. The van der Waals surface area contributed by atoms with E-state index in [1.807, 2.05) is 24.4 Å². The van der Waals surface area contributed by atoms with Gasteiger partial charge in [-0.1, -0.05) is 12.0 Å². The first-order valence-corrected chi connectivity index (χ1v) is 3.02.